The van der Waals surface area contributed by atoms with Gasteiger partial charge < -0.3 is 15.5 Å². The van der Waals surface area contributed by atoms with Gasteiger partial charge in [-0.15, -0.1) is 0 Å². The third-order valence-electron chi connectivity index (χ3n) is 4.87. The van der Waals surface area contributed by atoms with Crippen LogP contribution in [0, 0.1) is 11.3 Å². The minimum atomic E-state index is -0.248. The highest BCUT2D eigenvalue weighted by Gasteiger charge is 2.42. The van der Waals surface area contributed by atoms with Gasteiger partial charge in [-0.2, -0.15) is 0 Å². The normalized spacial score (nSPS) is 34.6. The summed E-state index contributed by atoms with van der Waals surface area (Å²) in [4.78, 5) is 17.1. The second-order valence-electron chi connectivity index (χ2n) is 6.26. The van der Waals surface area contributed by atoms with Crippen molar-refractivity contribution in [3.05, 3.63) is 0 Å². The van der Waals surface area contributed by atoms with Crippen LogP contribution in [0.25, 0.3) is 0 Å². The summed E-state index contributed by atoms with van der Waals surface area (Å²) in [6, 6.07) is 0. The summed E-state index contributed by atoms with van der Waals surface area (Å²) in [6.45, 7) is 6.51. The second kappa shape index (κ2) is 5.57. The van der Waals surface area contributed by atoms with Crippen LogP contribution in [0.3, 0.4) is 0 Å². The van der Waals surface area contributed by atoms with Gasteiger partial charge in [0.1, 0.15) is 0 Å². The monoisotopic (exact) mass is 253 g/mol. The molecular formula is C14H27N3O. The SMILES string of the molecule is CC1CCC(CN)(C(=O)N2CCN(C)CC2)CC1. The van der Waals surface area contributed by atoms with Crippen molar-refractivity contribution >= 4 is 5.91 Å². The fraction of sp³-hybridized carbons (Fsp3) is 0.929. The number of amides is 1. The van der Waals surface area contributed by atoms with Crippen LogP contribution in [0.5, 0.6) is 0 Å². The van der Waals surface area contributed by atoms with Crippen LogP contribution in [0.2, 0.25) is 0 Å². The van der Waals surface area contributed by atoms with Gasteiger partial charge in [-0.05, 0) is 38.6 Å². The summed E-state index contributed by atoms with van der Waals surface area (Å²) in [7, 11) is 2.11. The number of carbonyl (C=O) groups is 1. The molecule has 2 aliphatic rings. The van der Waals surface area contributed by atoms with Crippen molar-refractivity contribution in [2.45, 2.75) is 32.6 Å². The lowest BCUT2D eigenvalue weighted by Gasteiger charge is -2.43. The van der Waals surface area contributed by atoms with E-state index in [0.717, 1.165) is 57.8 Å². The van der Waals surface area contributed by atoms with E-state index >= 15 is 0 Å². The Kier molecular flexibility index (Phi) is 4.28. The van der Waals surface area contributed by atoms with Crippen molar-refractivity contribution in [2.24, 2.45) is 17.1 Å². The van der Waals surface area contributed by atoms with Crippen molar-refractivity contribution in [1.29, 1.82) is 0 Å². The highest BCUT2D eigenvalue weighted by molar-refractivity contribution is 5.83. The number of hydrogen-bond acceptors (Lipinski definition) is 3. The van der Waals surface area contributed by atoms with E-state index in [4.69, 9.17) is 5.73 Å². The maximum Gasteiger partial charge on any atom is 0.230 e. The molecule has 1 saturated heterocycles. The molecule has 1 aliphatic carbocycles. The third kappa shape index (κ3) is 2.69. The predicted molar refractivity (Wildman–Crippen MR) is 73.2 cm³/mol. The Morgan fingerprint density at radius 2 is 1.78 bits per heavy atom. The van der Waals surface area contributed by atoms with Gasteiger partial charge in [0.15, 0.2) is 0 Å². The molecule has 0 bridgehead atoms. The first-order valence-corrected chi connectivity index (χ1v) is 7.25. The van der Waals surface area contributed by atoms with E-state index in [1.54, 1.807) is 0 Å². The van der Waals surface area contributed by atoms with Gasteiger partial charge in [-0.1, -0.05) is 6.92 Å². The number of nitrogens with two attached hydrogens (primary N) is 1. The van der Waals surface area contributed by atoms with Crippen LogP contribution in [0.15, 0.2) is 0 Å². The standard InChI is InChI=1S/C14H27N3O/c1-12-3-5-14(11-15,6-4-12)13(18)17-9-7-16(2)8-10-17/h12H,3-11,15H2,1-2H3. The zero-order valence-electron chi connectivity index (χ0n) is 11.8. The van der Waals surface area contributed by atoms with E-state index in [1.165, 1.54) is 0 Å². The van der Waals surface area contributed by atoms with Gasteiger partial charge in [0.05, 0.1) is 5.41 Å². The third-order valence-corrected chi connectivity index (χ3v) is 4.87. The highest BCUT2D eigenvalue weighted by atomic mass is 16.2. The number of rotatable bonds is 2. The number of likely N-dealkylation sites (N-methyl/N-ethyl adjacent to an activating group) is 1. The van der Waals surface area contributed by atoms with Crippen LogP contribution in [-0.2, 0) is 4.79 Å². The number of carbonyl (C=O) groups excluding carboxylic acids is 1. The van der Waals surface area contributed by atoms with E-state index in [0.29, 0.717) is 12.5 Å². The van der Waals surface area contributed by atoms with E-state index in [9.17, 15) is 4.79 Å². The van der Waals surface area contributed by atoms with Gasteiger partial charge in [-0.3, -0.25) is 4.79 Å². The van der Waals surface area contributed by atoms with Crippen LogP contribution in [0.1, 0.15) is 32.6 Å². The lowest BCUT2D eigenvalue weighted by atomic mass is 9.70. The number of nitrogens with zero attached hydrogens (tertiary/aromatic N) is 2. The van der Waals surface area contributed by atoms with Crippen molar-refractivity contribution in [1.82, 2.24) is 9.80 Å². The fourth-order valence-corrected chi connectivity index (χ4v) is 3.16. The lowest BCUT2D eigenvalue weighted by Crippen LogP contribution is -2.55. The molecule has 1 aliphatic heterocycles. The van der Waals surface area contributed by atoms with Gasteiger partial charge >= 0.3 is 0 Å². The molecular weight excluding hydrogens is 226 g/mol. The van der Waals surface area contributed by atoms with Crippen LogP contribution < -0.4 is 5.73 Å². The first kappa shape index (κ1) is 13.8. The van der Waals surface area contributed by atoms with E-state index in [2.05, 4.69) is 18.9 Å². The van der Waals surface area contributed by atoms with Crippen LogP contribution in [-0.4, -0.2) is 55.5 Å². The number of hydrogen-bond donors (Lipinski definition) is 1. The molecule has 0 radical (unpaired) electrons. The van der Waals surface area contributed by atoms with E-state index < -0.39 is 0 Å². The minimum Gasteiger partial charge on any atom is -0.340 e. The lowest BCUT2D eigenvalue weighted by molar-refractivity contribution is -0.145. The van der Waals surface area contributed by atoms with Crippen LogP contribution in [0.4, 0.5) is 0 Å². The zero-order chi connectivity index (χ0) is 13.2. The first-order chi connectivity index (χ1) is 8.57. The van der Waals surface area contributed by atoms with E-state index in [1.807, 2.05) is 4.90 Å². The molecule has 0 spiro atoms. The molecule has 2 fully saturated rings. The van der Waals surface area contributed by atoms with Crippen molar-refractivity contribution in [3.63, 3.8) is 0 Å². The summed E-state index contributed by atoms with van der Waals surface area (Å²) in [5, 5.41) is 0. The molecule has 0 aromatic rings. The smallest absolute Gasteiger partial charge is 0.230 e. The Bertz CT molecular complexity index is 289. The Hall–Kier alpha value is -0.610. The maximum absolute atomic E-state index is 12.7. The van der Waals surface area contributed by atoms with Gasteiger partial charge in [0, 0.05) is 32.7 Å². The number of piperazine rings is 1. The van der Waals surface area contributed by atoms with Gasteiger partial charge in [0.2, 0.25) is 5.91 Å². The Morgan fingerprint density at radius 1 is 1.22 bits per heavy atom. The molecule has 2 N–H and O–H groups in total. The molecule has 1 saturated carbocycles. The molecule has 0 aromatic heterocycles. The molecule has 0 atom stereocenters. The van der Waals surface area contributed by atoms with Crippen molar-refractivity contribution < 1.29 is 4.79 Å². The Balaban J connectivity index is 2.01. The zero-order valence-corrected chi connectivity index (χ0v) is 11.8. The minimum absolute atomic E-state index is 0.248. The molecule has 4 heteroatoms. The topological polar surface area (TPSA) is 49.6 Å². The summed E-state index contributed by atoms with van der Waals surface area (Å²) in [6.07, 6.45) is 4.26. The molecule has 2 rings (SSSR count). The van der Waals surface area contributed by atoms with Crippen LogP contribution >= 0.6 is 0 Å². The molecule has 18 heavy (non-hydrogen) atoms. The summed E-state index contributed by atoms with van der Waals surface area (Å²) in [5.74, 6) is 1.08. The molecule has 0 aromatic carbocycles. The quantitative estimate of drug-likeness (QED) is 0.796. The average Bonchev–Trinajstić information content (AvgIpc) is 2.40. The van der Waals surface area contributed by atoms with Crippen molar-refractivity contribution in [2.75, 3.05) is 39.8 Å². The summed E-state index contributed by atoms with van der Waals surface area (Å²) < 4.78 is 0. The summed E-state index contributed by atoms with van der Waals surface area (Å²) >= 11 is 0. The fourth-order valence-electron chi connectivity index (χ4n) is 3.16. The maximum atomic E-state index is 12.7. The van der Waals surface area contributed by atoms with Gasteiger partial charge in [0.25, 0.3) is 0 Å². The average molecular weight is 253 g/mol. The summed E-state index contributed by atoms with van der Waals surface area (Å²) in [5.41, 5.74) is 5.71. The van der Waals surface area contributed by atoms with E-state index in [-0.39, 0.29) is 5.41 Å². The molecule has 1 heterocycles. The van der Waals surface area contributed by atoms with Gasteiger partial charge in [-0.25, -0.2) is 0 Å². The molecule has 0 unspecified atom stereocenters. The molecule has 4 nitrogen and oxygen atoms in total. The Labute approximate surface area is 110 Å². The highest BCUT2D eigenvalue weighted by Crippen LogP contribution is 2.39. The second-order valence-corrected chi connectivity index (χ2v) is 6.26. The largest absolute Gasteiger partial charge is 0.340 e. The van der Waals surface area contributed by atoms with Crippen molar-refractivity contribution in [3.8, 4) is 0 Å². The molecule has 104 valence electrons. The first-order valence-electron chi connectivity index (χ1n) is 7.25. The Morgan fingerprint density at radius 3 is 2.28 bits per heavy atom. The molecule has 1 amide bonds. The predicted octanol–water partition coefficient (Wildman–Crippen LogP) is 0.916.